The average Bonchev–Trinajstić information content (AvgIpc) is 3.09. The minimum absolute atomic E-state index is 0.0554. The van der Waals surface area contributed by atoms with Crippen molar-refractivity contribution in [3.05, 3.63) is 156 Å². The van der Waals surface area contributed by atoms with Crippen LogP contribution in [0.1, 0.15) is 35.2 Å². The standard InChI is InChI=1S/C38H35N3O6S/c1-4-7-19-30(6-3)41-37(46)31(23-26-20-21-32(47-24-34(43)44)29(22-26)14-5-2)36(45)40-38(41)48-25-33(42)39-35(27-15-10-8-11-16-27)28-17-12-9-13-18-28/h4-13,15-23,35H,1-2,14,24-25H2,3H3,(H,39,42)(H,43,44)/b19-7-,30-6+,31-23+. The number of aliphatic carboxylic acids is 1. The molecule has 0 aliphatic carbocycles. The number of carbonyl (C=O) groups is 4. The van der Waals surface area contributed by atoms with Crippen LogP contribution in [0.2, 0.25) is 0 Å². The monoisotopic (exact) mass is 661 g/mol. The van der Waals surface area contributed by atoms with E-state index < -0.39 is 30.4 Å². The van der Waals surface area contributed by atoms with Crippen molar-refractivity contribution < 1.29 is 29.0 Å². The third kappa shape index (κ3) is 9.17. The van der Waals surface area contributed by atoms with Gasteiger partial charge < -0.3 is 15.2 Å². The number of thioether (sulfide) groups is 1. The maximum atomic E-state index is 14.0. The third-order valence-electron chi connectivity index (χ3n) is 7.02. The molecule has 0 unspecified atom stereocenters. The topological polar surface area (TPSA) is 125 Å². The predicted molar refractivity (Wildman–Crippen MR) is 189 cm³/mol. The van der Waals surface area contributed by atoms with Crippen LogP contribution in [0, 0.1) is 0 Å². The summed E-state index contributed by atoms with van der Waals surface area (Å²) in [5, 5.41) is 12.1. The maximum absolute atomic E-state index is 14.0. The summed E-state index contributed by atoms with van der Waals surface area (Å²) in [4.78, 5) is 57.3. The Morgan fingerprint density at radius 1 is 1.02 bits per heavy atom. The second-order valence-electron chi connectivity index (χ2n) is 10.4. The number of hydrogen-bond acceptors (Lipinski definition) is 6. The van der Waals surface area contributed by atoms with E-state index in [-0.39, 0.29) is 22.4 Å². The Bertz CT molecular complexity index is 1770. The number of ether oxygens (including phenoxy) is 1. The molecule has 4 rings (SSSR count). The van der Waals surface area contributed by atoms with Gasteiger partial charge in [0.25, 0.3) is 11.8 Å². The summed E-state index contributed by atoms with van der Waals surface area (Å²) in [5.41, 5.74) is 3.19. The first kappa shape index (κ1) is 35.1. The van der Waals surface area contributed by atoms with E-state index in [0.29, 0.717) is 29.0 Å². The van der Waals surface area contributed by atoms with Crippen molar-refractivity contribution in [3.8, 4) is 5.75 Å². The number of nitrogens with one attached hydrogen (secondary N) is 1. The van der Waals surface area contributed by atoms with Crippen molar-refractivity contribution in [1.82, 2.24) is 10.2 Å². The molecular formula is C38H35N3O6S. The molecule has 1 aliphatic heterocycles. The van der Waals surface area contributed by atoms with E-state index >= 15 is 0 Å². The van der Waals surface area contributed by atoms with Crippen LogP contribution in [0.3, 0.4) is 0 Å². The van der Waals surface area contributed by atoms with E-state index in [0.717, 1.165) is 22.9 Å². The van der Waals surface area contributed by atoms with E-state index in [4.69, 9.17) is 9.84 Å². The zero-order valence-electron chi connectivity index (χ0n) is 26.4. The molecule has 3 amide bonds. The SMILES string of the molecule is C=C/C=C\C(=C/C)N1C(=O)/C(=C/c2ccc(OCC(=O)O)c(CC=C)c2)C(=O)N=C1SCC(=O)NC(c1ccccc1)c1ccccc1. The molecule has 3 aromatic carbocycles. The van der Waals surface area contributed by atoms with Crippen LogP contribution >= 0.6 is 11.8 Å². The Hall–Kier alpha value is -5.74. The molecule has 244 valence electrons. The third-order valence-corrected chi connectivity index (χ3v) is 7.96. The summed E-state index contributed by atoms with van der Waals surface area (Å²) >= 11 is 0.977. The van der Waals surface area contributed by atoms with Crippen LogP contribution in [0.5, 0.6) is 5.75 Å². The molecule has 48 heavy (non-hydrogen) atoms. The van der Waals surface area contributed by atoms with Gasteiger partial charge in [-0.25, -0.2) is 4.79 Å². The molecular weight excluding hydrogens is 626 g/mol. The Labute approximate surface area is 283 Å². The van der Waals surface area contributed by atoms with Crippen LogP contribution in [-0.2, 0) is 25.6 Å². The maximum Gasteiger partial charge on any atom is 0.341 e. The van der Waals surface area contributed by atoms with Gasteiger partial charge in [-0.05, 0) is 59.9 Å². The van der Waals surface area contributed by atoms with Gasteiger partial charge in [0.15, 0.2) is 11.8 Å². The van der Waals surface area contributed by atoms with Gasteiger partial charge in [-0.1, -0.05) is 109 Å². The van der Waals surface area contributed by atoms with Crippen molar-refractivity contribution in [2.24, 2.45) is 4.99 Å². The molecule has 10 heteroatoms. The summed E-state index contributed by atoms with van der Waals surface area (Å²) in [6.45, 7) is 8.66. The Kier molecular flexibility index (Phi) is 12.6. The first-order chi connectivity index (χ1) is 23.2. The van der Waals surface area contributed by atoms with Gasteiger partial charge in [-0.2, -0.15) is 4.99 Å². The van der Waals surface area contributed by atoms with Gasteiger partial charge in [0.05, 0.1) is 11.8 Å². The van der Waals surface area contributed by atoms with Crippen LogP contribution in [0.4, 0.5) is 0 Å². The molecule has 9 nitrogen and oxygen atoms in total. The molecule has 0 saturated heterocycles. The van der Waals surface area contributed by atoms with E-state index in [1.807, 2.05) is 60.7 Å². The van der Waals surface area contributed by atoms with Crippen molar-refractivity contribution in [2.75, 3.05) is 12.4 Å². The minimum atomic E-state index is -1.12. The lowest BCUT2D eigenvalue weighted by Crippen LogP contribution is -2.42. The number of amides is 3. The molecule has 0 spiro atoms. The predicted octanol–water partition coefficient (Wildman–Crippen LogP) is 6.27. The normalized spacial score (nSPS) is 14.3. The van der Waals surface area contributed by atoms with Crippen LogP contribution < -0.4 is 10.1 Å². The van der Waals surface area contributed by atoms with E-state index in [1.165, 1.54) is 11.0 Å². The lowest BCUT2D eigenvalue weighted by Gasteiger charge is -2.28. The number of benzene rings is 3. The molecule has 2 N–H and O–H groups in total. The highest BCUT2D eigenvalue weighted by Crippen LogP contribution is 2.28. The van der Waals surface area contributed by atoms with Crippen molar-refractivity contribution >= 4 is 46.7 Å². The van der Waals surface area contributed by atoms with E-state index in [9.17, 15) is 19.2 Å². The summed E-state index contributed by atoms with van der Waals surface area (Å²) in [5.74, 6) is -2.58. The lowest BCUT2D eigenvalue weighted by molar-refractivity contribution is -0.139. The minimum Gasteiger partial charge on any atom is -0.482 e. The Morgan fingerprint density at radius 3 is 2.27 bits per heavy atom. The fraction of sp³-hybridized carbons (Fsp3) is 0.132. The summed E-state index contributed by atoms with van der Waals surface area (Å²) in [6, 6.07) is 23.6. The number of allylic oxidation sites excluding steroid dienone is 5. The highest BCUT2D eigenvalue weighted by Gasteiger charge is 2.35. The number of amidine groups is 1. The quantitative estimate of drug-likeness (QED) is 0.0903. The van der Waals surface area contributed by atoms with Gasteiger partial charge in [-0.3, -0.25) is 19.3 Å². The van der Waals surface area contributed by atoms with Crippen LogP contribution in [-0.4, -0.2) is 51.2 Å². The number of rotatable bonds is 14. The fourth-order valence-electron chi connectivity index (χ4n) is 4.84. The van der Waals surface area contributed by atoms with Gasteiger partial charge in [-0.15, -0.1) is 6.58 Å². The summed E-state index contributed by atoms with van der Waals surface area (Å²) < 4.78 is 5.38. The smallest absolute Gasteiger partial charge is 0.341 e. The van der Waals surface area contributed by atoms with Crippen LogP contribution in [0.25, 0.3) is 6.08 Å². The van der Waals surface area contributed by atoms with Crippen molar-refractivity contribution in [2.45, 2.75) is 19.4 Å². The zero-order chi connectivity index (χ0) is 34.5. The van der Waals surface area contributed by atoms with Gasteiger partial charge in [0.2, 0.25) is 5.91 Å². The number of carboxylic acid groups (broad SMARTS) is 1. The summed E-state index contributed by atoms with van der Waals surface area (Å²) in [6.07, 6.45) is 9.99. The molecule has 0 fully saturated rings. The van der Waals surface area contributed by atoms with Gasteiger partial charge in [0, 0.05) is 5.70 Å². The Balaban J connectivity index is 1.63. The number of aliphatic imine (C=N–C) groups is 1. The number of nitrogens with zero attached hydrogens (tertiary/aromatic N) is 2. The molecule has 0 radical (unpaired) electrons. The largest absolute Gasteiger partial charge is 0.482 e. The molecule has 0 bridgehead atoms. The molecule has 0 saturated carbocycles. The van der Waals surface area contributed by atoms with E-state index in [2.05, 4.69) is 23.5 Å². The first-order valence-corrected chi connectivity index (χ1v) is 16.0. The molecule has 0 atom stereocenters. The van der Waals surface area contributed by atoms with Crippen LogP contribution in [0.15, 0.2) is 139 Å². The second kappa shape index (κ2) is 17.3. The highest BCUT2D eigenvalue weighted by molar-refractivity contribution is 8.14. The van der Waals surface area contributed by atoms with Crippen molar-refractivity contribution in [1.29, 1.82) is 0 Å². The first-order valence-electron chi connectivity index (χ1n) is 15.0. The molecule has 1 heterocycles. The number of hydrogen-bond donors (Lipinski definition) is 2. The molecule has 3 aromatic rings. The zero-order valence-corrected chi connectivity index (χ0v) is 27.2. The fourth-order valence-corrected chi connectivity index (χ4v) is 5.65. The Morgan fingerprint density at radius 2 is 1.69 bits per heavy atom. The second-order valence-corrected chi connectivity index (χ2v) is 11.3. The molecule has 0 aromatic heterocycles. The summed E-state index contributed by atoms with van der Waals surface area (Å²) in [7, 11) is 0. The number of carbonyl (C=O) groups excluding carboxylic acids is 3. The highest BCUT2D eigenvalue weighted by atomic mass is 32.2. The lowest BCUT2D eigenvalue weighted by atomic mass is 9.99. The average molecular weight is 662 g/mol. The number of carboxylic acids is 1. The van der Waals surface area contributed by atoms with Crippen molar-refractivity contribution in [3.63, 3.8) is 0 Å². The van der Waals surface area contributed by atoms with E-state index in [1.54, 1.807) is 55.5 Å². The van der Waals surface area contributed by atoms with Gasteiger partial charge >= 0.3 is 5.97 Å². The molecule has 1 aliphatic rings. The van der Waals surface area contributed by atoms with Gasteiger partial charge in [0.1, 0.15) is 11.3 Å².